The van der Waals surface area contributed by atoms with Gasteiger partial charge < -0.3 is 5.32 Å². The summed E-state index contributed by atoms with van der Waals surface area (Å²) < 4.78 is 13.4. The summed E-state index contributed by atoms with van der Waals surface area (Å²) in [4.78, 5) is 20.1. The maximum atomic E-state index is 13.4. The highest BCUT2D eigenvalue weighted by Gasteiger charge is 2.20. The summed E-state index contributed by atoms with van der Waals surface area (Å²) in [6.07, 6.45) is 1.82. The van der Waals surface area contributed by atoms with Crippen LogP contribution in [0, 0.1) is 12.7 Å². The number of anilines is 1. The molecule has 1 aromatic heterocycles. The fraction of sp³-hybridized carbons (Fsp3) is 0.154. The summed E-state index contributed by atoms with van der Waals surface area (Å²) in [5, 5.41) is 2.74. The van der Waals surface area contributed by atoms with Gasteiger partial charge in [-0.3, -0.25) is 4.79 Å². The van der Waals surface area contributed by atoms with E-state index in [-0.39, 0.29) is 18.1 Å². The number of amides is 1. The van der Waals surface area contributed by atoms with Crippen LogP contribution in [-0.2, 0) is 11.2 Å². The van der Waals surface area contributed by atoms with Crippen LogP contribution in [0.4, 0.5) is 10.1 Å². The molecule has 0 radical (unpaired) electrons. The molecule has 1 amide bonds. The van der Waals surface area contributed by atoms with Gasteiger partial charge in [0.15, 0.2) is 0 Å². The van der Waals surface area contributed by atoms with Crippen molar-refractivity contribution in [1.82, 2.24) is 9.97 Å². The van der Waals surface area contributed by atoms with E-state index in [2.05, 4.69) is 15.3 Å². The molecule has 18 heavy (non-hydrogen) atoms. The molecular formula is C13H10FN3O. The molecule has 4 nitrogen and oxygen atoms in total. The lowest BCUT2D eigenvalue weighted by Gasteiger charge is -2.08. The quantitative estimate of drug-likeness (QED) is 0.770. The average Bonchev–Trinajstić information content (AvgIpc) is 2.46. The molecule has 1 aromatic carbocycles. The Labute approximate surface area is 103 Å². The SMILES string of the molecule is Cc1ncc2c(n1)-c1cc(F)ccc1NC(=O)C2. The fourth-order valence-corrected chi connectivity index (χ4v) is 2.05. The van der Waals surface area contributed by atoms with Crippen LogP contribution in [0.2, 0.25) is 0 Å². The number of aromatic nitrogens is 2. The van der Waals surface area contributed by atoms with E-state index < -0.39 is 0 Å². The van der Waals surface area contributed by atoms with Crippen LogP contribution in [0.15, 0.2) is 24.4 Å². The number of nitrogens with one attached hydrogen (secondary N) is 1. The number of nitrogens with zero attached hydrogens (tertiary/aromatic N) is 2. The summed E-state index contributed by atoms with van der Waals surface area (Å²) in [7, 11) is 0. The number of rotatable bonds is 0. The Morgan fingerprint density at radius 2 is 2.22 bits per heavy atom. The van der Waals surface area contributed by atoms with E-state index in [4.69, 9.17) is 0 Å². The fourth-order valence-electron chi connectivity index (χ4n) is 2.05. The van der Waals surface area contributed by atoms with Crippen molar-refractivity contribution < 1.29 is 9.18 Å². The first-order valence-corrected chi connectivity index (χ1v) is 5.56. The zero-order chi connectivity index (χ0) is 12.7. The predicted octanol–water partition coefficient (Wildman–Crippen LogP) is 2.09. The molecule has 0 fully saturated rings. The van der Waals surface area contributed by atoms with Gasteiger partial charge in [0.2, 0.25) is 5.91 Å². The van der Waals surface area contributed by atoms with Crippen molar-refractivity contribution in [2.45, 2.75) is 13.3 Å². The van der Waals surface area contributed by atoms with Crippen LogP contribution >= 0.6 is 0 Å². The minimum atomic E-state index is -0.355. The highest BCUT2D eigenvalue weighted by atomic mass is 19.1. The van der Waals surface area contributed by atoms with E-state index in [1.807, 2.05) is 0 Å². The Bertz CT molecular complexity index is 599. The lowest BCUT2D eigenvalue weighted by atomic mass is 10.0. The van der Waals surface area contributed by atoms with Crippen LogP contribution in [0.3, 0.4) is 0 Å². The molecule has 5 heteroatoms. The number of benzene rings is 1. The molecule has 0 atom stereocenters. The zero-order valence-corrected chi connectivity index (χ0v) is 9.70. The molecule has 1 aliphatic rings. The minimum Gasteiger partial charge on any atom is -0.325 e. The van der Waals surface area contributed by atoms with Crippen molar-refractivity contribution >= 4 is 11.6 Å². The topological polar surface area (TPSA) is 54.9 Å². The Morgan fingerprint density at radius 1 is 1.39 bits per heavy atom. The predicted molar refractivity (Wildman–Crippen MR) is 64.5 cm³/mol. The molecule has 2 heterocycles. The van der Waals surface area contributed by atoms with Gasteiger partial charge in [0, 0.05) is 17.3 Å². The number of carbonyl (C=O) groups excluding carboxylic acids is 1. The smallest absolute Gasteiger partial charge is 0.228 e. The Morgan fingerprint density at radius 3 is 3.06 bits per heavy atom. The number of halogens is 1. The van der Waals surface area contributed by atoms with E-state index in [1.165, 1.54) is 12.1 Å². The summed E-state index contributed by atoms with van der Waals surface area (Å²) in [6, 6.07) is 4.25. The van der Waals surface area contributed by atoms with Gasteiger partial charge in [-0.1, -0.05) is 0 Å². The van der Waals surface area contributed by atoms with Gasteiger partial charge in [-0.05, 0) is 25.1 Å². The molecule has 0 unspecified atom stereocenters. The van der Waals surface area contributed by atoms with Crippen molar-refractivity contribution in [1.29, 1.82) is 0 Å². The van der Waals surface area contributed by atoms with Gasteiger partial charge in [-0.2, -0.15) is 0 Å². The van der Waals surface area contributed by atoms with Crippen LogP contribution < -0.4 is 5.32 Å². The third kappa shape index (κ3) is 1.73. The monoisotopic (exact) mass is 243 g/mol. The summed E-state index contributed by atoms with van der Waals surface area (Å²) >= 11 is 0. The van der Waals surface area contributed by atoms with E-state index in [0.717, 1.165) is 0 Å². The molecule has 0 spiro atoms. The number of fused-ring (bicyclic) bond motifs is 3. The molecule has 2 aromatic rings. The number of carbonyl (C=O) groups is 1. The maximum Gasteiger partial charge on any atom is 0.228 e. The van der Waals surface area contributed by atoms with E-state index in [1.54, 1.807) is 19.2 Å². The summed E-state index contributed by atoms with van der Waals surface area (Å²) in [6.45, 7) is 1.76. The van der Waals surface area contributed by atoms with Crippen molar-refractivity contribution in [3.63, 3.8) is 0 Å². The van der Waals surface area contributed by atoms with Gasteiger partial charge in [-0.15, -0.1) is 0 Å². The van der Waals surface area contributed by atoms with Crippen molar-refractivity contribution in [3.05, 3.63) is 41.6 Å². The van der Waals surface area contributed by atoms with Crippen LogP contribution in [0.5, 0.6) is 0 Å². The van der Waals surface area contributed by atoms with Crippen LogP contribution in [0.25, 0.3) is 11.3 Å². The molecule has 90 valence electrons. The van der Waals surface area contributed by atoms with E-state index >= 15 is 0 Å². The standard InChI is InChI=1S/C13H10FN3O/c1-7-15-6-8-4-12(18)17-11-3-2-9(14)5-10(11)13(8)16-7/h2-3,5-6H,4H2,1H3,(H,17,18). The second-order valence-electron chi connectivity index (χ2n) is 4.21. The van der Waals surface area contributed by atoms with Crippen molar-refractivity contribution in [3.8, 4) is 11.3 Å². The Kier molecular flexibility index (Phi) is 2.33. The lowest BCUT2D eigenvalue weighted by Crippen LogP contribution is -2.12. The van der Waals surface area contributed by atoms with Gasteiger partial charge >= 0.3 is 0 Å². The maximum absolute atomic E-state index is 13.4. The van der Waals surface area contributed by atoms with Crippen molar-refractivity contribution in [2.24, 2.45) is 0 Å². The average molecular weight is 243 g/mol. The largest absolute Gasteiger partial charge is 0.325 e. The second-order valence-corrected chi connectivity index (χ2v) is 4.21. The first-order chi connectivity index (χ1) is 8.63. The normalized spacial score (nSPS) is 13.3. The first kappa shape index (κ1) is 10.8. The minimum absolute atomic E-state index is 0.144. The number of hydrogen-bond acceptors (Lipinski definition) is 3. The summed E-state index contributed by atoms with van der Waals surface area (Å²) in [5.41, 5.74) is 2.51. The molecule has 0 saturated heterocycles. The zero-order valence-electron chi connectivity index (χ0n) is 9.70. The number of hydrogen-bond donors (Lipinski definition) is 1. The number of aryl methyl sites for hydroxylation is 1. The molecule has 0 bridgehead atoms. The Balaban J connectivity index is 2.32. The van der Waals surface area contributed by atoms with Crippen LogP contribution in [0.1, 0.15) is 11.4 Å². The molecular weight excluding hydrogens is 233 g/mol. The van der Waals surface area contributed by atoms with Gasteiger partial charge in [0.05, 0.1) is 17.8 Å². The van der Waals surface area contributed by atoms with E-state index in [9.17, 15) is 9.18 Å². The molecule has 0 saturated carbocycles. The highest BCUT2D eigenvalue weighted by molar-refractivity contribution is 5.99. The third-order valence-corrected chi connectivity index (χ3v) is 2.85. The third-order valence-electron chi connectivity index (χ3n) is 2.85. The van der Waals surface area contributed by atoms with Gasteiger partial charge in [-0.25, -0.2) is 14.4 Å². The highest BCUT2D eigenvalue weighted by Crippen LogP contribution is 2.32. The second kappa shape index (κ2) is 3.87. The van der Waals surface area contributed by atoms with E-state index in [0.29, 0.717) is 28.3 Å². The van der Waals surface area contributed by atoms with Crippen molar-refractivity contribution in [2.75, 3.05) is 5.32 Å². The molecule has 0 aliphatic carbocycles. The lowest BCUT2D eigenvalue weighted by molar-refractivity contribution is -0.115. The van der Waals surface area contributed by atoms with Crippen LogP contribution in [-0.4, -0.2) is 15.9 Å². The Hall–Kier alpha value is -2.30. The van der Waals surface area contributed by atoms with Gasteiger partial charge in [0.25, 0.3) is 0 Å². The summed E-state index contributed by atoms with van der Waals surface area (Å²) in [5.74, 6) is 0.0967. The molecule has 1 aliphatic heterocycles. The molecule has 1 N–H and O–H groups in total. The van der Waals surface area contributed by atoms with Gasteiger partial charge in [0.1, 0.15) is 11.6 Å². The molecule has 3 rings (SSSR count). The first-order valence-electron chi connectivity index (χ1n) is 5.56.